The molecule has 0 aromatic heterocycles. The number of benzene rings is 1. The molecule has 2 rings (SSSR count). The second kappa shape index (κ2) is 8.88. The molecule has 0 radical (unpaired) electrons. The lowest BCUT2D eigenvalue weighted by atomic mass is 9.86. The lowest BCUT2D eigenvalue weighted by Gasteiger charge is -2.26. The van der Waals surface area contributed by atoms with Crippen molar-refractivity contribution < 1.29 is 9.59 Å². The maximum atomic E-state index is 12.0. The van der Waals surface area contributed by atoms with Crippen LogP contribution in [0, 0.1) is 0 Å². The Morgan fingerprint density at radius 2 is 1.64 bits per heavy atom. The van der Waals surface area contributed by atoms with E-state index in [9.17, 15) is 9.59 Å². The molecule has 0 bridgehead atoms. The topological polar surface area (TPSA) is 61.4 Å². The maximum Gasteiger partial charge on any atom is 0.315 e. The van der Waals surface area contributed by atoms with Gasteiger partial charge in [-0.2, -0.15) is 0 Å². The van der Waals surface area contributed by atoms with Gasteiger partial charge >= 0.3 is 6.03 Å². The van der Waals surface area contributed by atoms with Gasteiger partial charge in [0.05, 0.1) is 6.54 Å². The lowest BCUT2D eigenvalue weighted by molar-refractivity contribution is -0.130. The molecule has 1 saturated heterocycles. The molecule has 3 amide bonds. The van der Waals surface area contributed by atoms with E-state index in [1.165, 1.54) is 17.5 Å². The molecule has 0 saturated carbocycles. The fraction of sp³-hybridized carbons (Fsp3) is 0.600. The number of nitrogens with one attached hydrogen (secondary N) is 2. The van der Waals surface area contributed by atoms with Crippen LogP contribution < -0.4 is 10.6 Å². The monoisotopic (exact) mass is 345 g/mol. The normalized spacial score (nSPS) is 14.9. The van der Waals surface area contributed by atoms with Crippen LogP contribution in [0.25, 0.3) is 0 Å². The number of urea groups is 1. The van der Waals surface area contributed by atoms with Crippen LogP contribution in [0.1, 0.15) is 51.2 Å². The van der Waals surface area contributed by atoms with E-state index in [4.69, 9.17) is 0 Å². The van der Waals surface area contributed by atoms with Crippen LogP contribution in [0.5, 0.6) is 0 Å². The Hall–Kier alpha value is -2.04. The number of rotatable bonds is 5. The molecule has 1 aromatic rings. The van der Waals surface area contributed by atoms with Crippen molar-refractivity contribution in [1.29, 1.82) is 0 Å². The minimum atomic E-state index is -0.281. The Bertz CT molecular complexity index is 570. The van der Waals surface area contributed by atoms with Gasteiger partial charge in [-0.15, -0.1) is 0 Å². The number of amides is 3. The number of nitrogens with zero attached hydrogens (tertiary/aromatic N) is 1. The highest BCUT2D eigenvalue weighted by atomic mass is 16.2. The number of hydrogen-bond acceptors (Lipinski definition) is 2. The number of hydrogen-bond donors (Lipinski definition) is 2. The van der Waals surface area contributed by atoms with E-state index in [-0.39, 0.29) is 23.9 Å². The first-order valence-electron chi connectivity index (χ1n) is 9.25. The van der Waals surface area contributed by atoms with E-state index < -0.39 is 0 Å². The Kier molecular flexibility index (Phi) is 6.85. The van der Waals surface area contributed by atoms with Gasteiger partial charge in [0, 0.05) is 19.6 Å². The zero-order valence-corrected chi connectivity index (χ0v) is 15.7. The zero-order valence-electron chi connectivity index (χ0n) is 15.7. The van der Waals surface area contributed by atoms with Gasteiger partial charge in [0.25, 0.3) is 0 Å². The Labute approximate surface area is 151 Å². The van der Waals surface area contributed by atoms with Crippen molar-refractivity contribution in [2.75, 3.05) is 26.2 Å². The fourth-order valence-corrected chi connectivity index (χ4v) is 2.97. The molecule has 138 valence electrons. The first kappa shape index (κ1) is 19.3. The van der Waals surface area contributed by atoms with E-state index in [1.54, 1.807) is 0 Å². The molecule has 1 fully saturated rings. The van der Waals surface area contributed by atoms with Gasteiger partial charge in [-0.3, -0.25) is 4.79 Å². The molecule has 1 aliphatic rings. The summed E-state index contributed by atoms with van der Waals surface area (Å²) in [5.41, 5.74) is 2.65. The quantitative estimate of drug-likeness (QED) is 0.862. The van der Waals surface area contributed by atoms with Gasteiger partial charge < -0.3 is 15.5 Å². The predicted octanol–water partition coefficient (Wildman–Crippen LogP) is 2.84. The van der Waals surface area contributed by atoms with Gasteiger partial charge in [0.1, 0.15) is 0 Å². The molecule has 1 heterocycles. The van der Waals surface area contributed by atoms with Crippen molar-refractivity contribution in [2.45, 2.75) is 51.9 Å². The summed E-state index contributed by atoms with van der Waals surface area (Å²) in [6.07, 6.45) is 4.09. The van der Waals surface area contributed by atoms with Crippen molar-refractivity contribution in [2.24, 2.45) is 0 Å². The Balaban J connectivity index is 1.65. The van der Waals surface area contributed by atoms with Crippen molar-refractivity contribution in [3.63, 3.8) is 0 Å². The van der Waals surface area contributed by atoms with Gasteiger partial charge in [-0.1, -0.05) is 45.0 Å². The van der Waals surface area contributed by atoms with E-state index >= 15 is 0 Å². The molecule has 1 aliphatic heterocycles. The summed E-state index contributed by atoms with van der Waals surface area (Å²) in [5.74, 6) is 0.00705. The molecule has 0 unspecified atom stereocenters. The van der Waals surface area contributed by atoms with Crippen LogP contribution in [-0.4, -0.2) is 43.0 Å². The minimum absolute atomic E-state index is 0.00705. The molecule has 25 heavy (non-hydrogen) atoms. The second-order valence-corrected chi connectivity index (χ2v) is 7.75. The smallest absolute Gasteiger partial charge is 0.315 e. The van der Waals surface area contributed by atoms with E-state index in [0.29, 0.717) is 6.54 Å². The SMILES string of the molecule is CC(C)(C)c1ccc(CCNC(=O)NCC(=O)N2CCCCC2)cc1. The standard InChI is InChI=1S/C20H31N3O2/c1-20(2,3)17-9-7-16(8-10-17)11-12-21-19(25)22-15-18(24)23-13-5-4-6-14-23/h7-10H,4-6,11-15H2,1-3H3,(H2,21,22,25). The number of carbonyl (C=O) groups is 2. The average molecular weight is 345 g/mol. The molecule has 0 spiro atoms. The van der Waals surface area contributed by atoms with E-state index in [2.05, 4.69) is 55.7 Å². The first-order valence-corrected chi connectivity index (χ1v) is 9.25. The lowest BCUT2D eigenvalue weighted by Crippen LogP contribution is -2.45. The summed E-state index contributed by atoms with van der Waals surface area (Å²) in [5, 5.41) is 5.47. The van der Waals surface area contributed by atoms with Crippen molar-refractivity contribution in [3.05, 3.63) is 35.4 Å². The highest BCUT2D eigenvalue weighted by Crippen LogP contribution is 2.22. The van der Waals surface area contributed by atoms with Crippen molar-refractivity contribution in [3.8, 4) is 0 Å². The zero-order chi connectivity index (χ0) is 18.3. The number of piperidine rings is 1. The van der Waals surface area contributed by atoms with Crippen molar-refractivity contribution in [1.82, 2.24) is 15.5 Å². The van der Waals surface area contributed by atoms with Crippen LogP contribution in [-0.2, 0) is 16.6 Å². The molecular formula is C20H31N3O2. The summed E-state index contributed by atoms with van der Waals surface area (Å²) in [4.78, 5) is 25.6. The number of carbonyl (C=O) groups excluding carboxylic acids is 2. The largest absolute Gasteiger partial charge is 0.341 e. The van der Waals surface area contributed by atoms with E-state index in [0.717, 1.165) is 32.4 Å². The van der Waals surface area contributed by atoms with Gasteiger partial charge in [0.15, 0.2) is 0 Å². The first-order chi connectivity index (χ1) is 11.9. The highest BCUT2D eigenvalue weighted by molar-refractivity contribution is 5.84. The second-order valence-electron chi connectivity index (χ2n) is 7.75. The summed E-state index contributed by atoms with van der Waals surface area (Å²) < 4.78 is 0. The third-order valence-corrected chi connectivity index (χ3v) is 4.63. The Morgan fingerprint density at radius 3 is 2.24 bits per heavy atom. The molecular weight excluding hydrogens is 314 g/mol. The third kappa shape index (κ3) is 6.40. The fourth-order valence-electron chi connectivity index (χ4n) is 2.97. The van der Waals surface area contributed by atoms with E-state index in [1.807, 2.05) is 4.90 Å². The van der Waals surface area contributed by atoms with Gasteiger partial charge in [-0.05, 0) is 42.2 Å². The summed E-state index contributed by atoms with van der Waals surface area (Å²) >= 11 is 0. The summed E-state index contributed by atoms with van der Waals surface area (Å²) in [6.45, 7) is 8.83. The molecule has 1 aromatic carbocycles. The minimum Gasteiger partial charge on any atom is -0.341 e. The third-order valence-electron chi connectivity index (χ3n) is 4.63. The van der Waals surface area contributed by atoms with Gasteiger partial charge in [0.2, 0.25) is 5.91 Å². The summed E-state index contributed by atoms with van der Waals surface area (Å²) in [6, 6.07) is 8.23. The van der Waals surface area contributed by atoms with Crippen LogP contribution in [0.4, 0.5) is 4.79 Å². The molecule has 5 heteroatoms. The molecule has 0 atom stereocenters. The maximum absolute atomic E-state index is 12.0. The highest BCUT2D eigenvalue weighted by Gasteiger charge is 2.16. The van der Waals surface area contributed by atoms with Gasteiger partial charge in [-0.25, -0.2) is 4.79 Å². The molecule has 2 N–H and O–H groups in total. The average Bonchev–Trinajstić information content (AvgIpc) is 2.60. The number of likely N-dealkylation sites (tertiary alicyclic amines) is 1. The van der Waals surface area contributed by atoms with Crippen molar-refractivity contribution >= 4 is 11.9 Å². The van der Waals surface area contributed by atoms with Crippen LogP contribution in [0.2, 0.25) is 0 Å². The summed E-state index contributed by atoms with van der Waals surface area (Å²) in [7, 11) is 0. The van der Waals surface area contributed by atoms with Crippen LogP contribution in [0.3, 0.4) is 0 Å². The molecule has 0 aliphatic carbocycles. The van der Waals surface area contributed by atoms with Crippen LogP contribution >= 0.6 is 0 Å². The molecule has 5 nitrogen and oxygen atoms in total. The van der Waals surface area contributed by atoms with Crippen LogP contribution in [0.15, 0.2) is 24.3 Å². The Morgan fingerprint density at radius 1 is 1.00 bits per heavy atom. The predicted molar refractivity (Wildman–Crippen MR) is 101 cm³/mol.